The van der Waals surface area contributed by atoms with Crippen molar-refractivity contribution in [1.82, 2.24) is 4.98 Å². The number of pyridine rings is 1. The van der Waals surface area contributed by atoms with Gasteiger partial charge in [0.1, 0.15) is 0 Å². The first-order valence-electron chi connectivity index (χ1n) is 2.91. The van der Waals surface area contributed by atoms with Crippen molar-refractivity contribution in [3.8, 4) is 0 Å². The number of nitrogens with zero attached hydrogens (tertiary/aromatic N) is 1. The van der Waals surface area contributed by atoms with Crippen molar-refractivity contribution in [2.75, 3.05) is 6.61 Å². The zero-order valence-corrected chi connectivity index (χ0v) is 8.08. The van der Waals surface area contributed by atoms with Gasteiger partial charge in [0.2, 0.25) is 0 Å². The quantitative estimate of drug-likeness (QED) is 0.415. The molecule has 0 saturated carbocycles. The Hall–Kier alpha value is 0.110. The van der Waals surface area contributed by atoms with E-state index < -0.39 is 0 Å². The predicted octanol–water partition coefficient (Wildman–Crippen LogP) is -3.01. The van der Waals surface area contributed by atoms with Crippen LogP contribution in [0.15, 0.2) is 24.4 Å². The van der Waals surface area contributed by atoms with Crippen molar-refractivity contribution in [2.24, 2.45) is 0 Å². The summed E-state index contributed by atoms with van der Waals surface area (Å²) in [7, 11) is 0. The van der Waals surface area contributed by atoms with Crippen LogP contribution < -0.4 is 34.7 Å². The van der Waals surface area contributed by atoms with Crippen LogP contribution in [0.3, 0.4) is 0 Å². The summed E-state index contributed by atoms with van der Waals surface area (Å²) in [6, 6.07) is 5.59. The summed E-state index contributed by atoms with van der Waals surface area (Å²) in [5.74, 6) is 0. The molecule has 0 fully saturated rings. The standard InChI is InChI=1S/C7H8NO.Na/c9-6-4-7-3-1-2-5-8-7;/h1-3,5H,4,6H2;/q-1;+1. The summed E-state index contributed by atoms with van der Waals surface area (Å²) in [4.78, 5) is 3.97. The van der Waals surface area contributed by atoms with Crippen LogP contribution in [0.4, 0.5) is 0 Å². The molecule has 0 aliphatic rings. The minimum atomic E-state index is -0.0724. The van der Waals surface area contributed by atoms with E-state index in [2.05, 4.69) is 4.98 Å². The molecule has 0 amide bonds. The fourth-order valence-corrected chi connectivity index (χ4v) is 0.651. The SMILES string of the molecule is [Na+].[O-]CCc1ccccn1. The maximum absolute atomic E-state index is 10.1. The molecule has 10 heavy (non-hydrogen) atoms. The second kappa shape index (κ2) is 5.86. The molecule has 0 aromatic carbocycles. The van der Waals surface area contributed by atoms with Gasteiger partial charge < -0.3 is 5.11 Å². The van der Waals surface area contributed by atoms with Gasteiger partial charge in [-0.1, -0.05) is 6.07 Å². The Balaban J connectivity index is 0.000000810. The van der Waals surface area contributed by atoms with Crippen LogP contribution in [0.2, 0.25) is 0 Å². The van der Waals surface area contributed by atoms with Gasteiger partial charge in [0, 0.05) is 11.9 Å². The Morgan fingerprint density at radius 1 is 1.40 bits per heavy atom. The molecular formula is C7H8NNaO. The number of aromatic nitrogens is 1. The van der Waals surface area contributed by atoms with E-state index in [0.29, 0.717) is 6.42 Å². The summed E-state index contributed by atoms with van der Waals surface area (Å²) in [5.41, 5.74) is 0.882. The molecule has 0 atom stereocenters. The van der Waals surface area contributed by atoms with Crippen molar-refractivity contribution in [2.45, 2.75) is 6.42 Å². The molecule has 0 radical (unpaired) electrons. The van der Waals surface area contributed by atoms with E-state index in [0.717, 1.165) is 5.69 Å². The van der Waals surface area contributed by atoms with Crippen LogP contribution in [0.25, 0.3) is 0 Å². The summed E-state index contributed by atoms with van der Waals surface area (Å²) < 4.78 is 0. The Bertz CT molecular complexity index is 167. The maximum Gasteiger partial charge on any atom is 1.00 e. The molecule has 1 aromatic rings. The zero-order chi connectivity index (χ0) is 6.53. The first kappa shape index (κ1) is 10.1. The zero-order valence-electron chi connectivity index (χ0n) is 6.08. The number of rotatable bonds is 2. The van der Waals surface area contributed by atoms with Crippen molar-refractivity contribution >= 4 is 0 Å². The van der Waals surface area contributed by atoms with Crippen LogP contribution in [0.5, 0.6) is 0 Å². The van der Waals surface area contributed by atoms with Crippen LogP contribution in [-0.2, 0) is 6.42 Å². The summed E-state index contributed by atoms with van der Waals surface area (Å²) in [6.45, 7) is -0.0724. The van der Waals surface area contributed by atoms with Gasteiger partial charge in [0.05, 0.1) is 0 Å². The molecule has 0 bridgehead atoms. The monoisotopic (exact) mass is 145 g/mol. The Morgan fingerprint density at radius 3 is 2.70 bits per heavy atom. The molecule has 48 valence electrons. The Morgan fingerprint density at radius 2 is 2.20 bits per heavy atom. The molecule has 0 unspecified atom stereocenters. The average molecular weight is 145 g/mol. The van der Waals surface area contributed by atoms with Crippen LogP contribution >= 0.6 is 0 Å². The molecule has 3 heteroatoms. The molecule has 0 aliphatic heterocycles. The van der Waals surface area contributed by atoms with Gasteiger partial charge in [-0.25, -0.2) is 0 Å². The molecular weight excluding hydrogens is 137 g/mol. The topological polar surface area (TPSA) is 36.0 Å². The van der Waals surface area contributed by atoms with Crippen molar-refractivity contribution in [3.05, 3.63) is 30.1 Å². The van der Waals surface area contributed by atoms with Gasteiger partial charge >= 0.3 is 29.6 Å². The second-order valence-corrected chi connectivity index (χ2v) is 1.78. The van der Waals surface area contributed by atoms with Gasteiger partial charge in [0.15, 0.2) is 0 Å². The third-order valence-electron chi connectivity index (χ3n) is 1.08. The summed E-state index contributed by atoms with van der Waals surface area (Å²) in [5, 5.41) is 10.1. The smallest absolute Gasteiger partial charge is 0.854 e. The van der Waals surface area contributed by atoms with Crippen LogP contribution in [0.1, 0.15) is 5.69 Å². The summed E-state index contributed by atoms with van der Waals surface area (Å²) in [6.07, 6.45) is 2.24. The number of hydrogen-bond donors (Lipinski definition) is 0. The Labute approximate surface area is 82.6 Å². The van der Waals surface area contributed by atoms with Crippen LogP contribution in [-0.4, -0.2) is 11.6 Å². The first-order valence-corrected chi connectivity index (χ1v) is 2.91. The first-order chi connectivity index (χ1) is 4.43. The van der Waals surface area contributed by atoms with E-state index in [1.807, 2.05) is 18.2 Å². The van der Waals surface area contributed by atoms with Crippen molar-refractivity contribution in [3.63, 3.8) is 0 Å². The molecule has 0 spiro atoms. The van der Waals surface area contributed by atoms with Gasteiger partial charge in [-0.2, -0.15) is 0 Å². The van der Waals surface area contributed by atoms with Gasteiger partial charge in [-0.3, -0.25) is 4.98 Å². The molecule has 1 heterocycles. The number of hydrogen-bond acceptors (Lipinski definition) is 2. The predicted molar refractivity (Wildman–Crippen MR) is 32.8 cm³/mol. The van der Waals surface area contributed by atoms with Crippen molar-refractivity contribution < 1.29 is 34.7 Å². The maximum atomic E-state index is 10.1. The minimum absolute atomic E-state index is 0. The third kappa shape index (κ3) is 3.32. The van der Waals surface area contributed by atoms with Gasteiger partial charge in [-0.05, 0) is 18.6 Å². The Kier molecular flexibility index (Phi) is 5.93. The van der Waals surface area contributed by atoms with E-state index in [4.69, 9.17) is 0 Å². The molecule has 2 nitrogen and oxygen atoms in total. The molecule has 0 N–H and O–H groups in total. The largest absolute Gasteiger partial charge is 1.00 e. The normalized spacial score (nSPS) is 8.50. The van der Waals surface area contributed by atoms with E-state index in [9.17, 15) is 5.11 Å². The van der Waals surface area contributed by atoms with E-state index >= 15 is 0 Å². The van der Waals surface area contributed by atoms with Gasteiger partial charge in [0.25, 0.3) is 0 Å². The molecule has 0 aliphatic carbocycles. The minimum Gasteiger partial charge on any atom is -0.854 e. The fourth-order valence-electron chi connectivity index (χ4n) is 0.651. The van der Waals surface area contributed by atoms with E-state index in [1.165, 1.54) is 0 Å². The molecule has 0 saturated heterocycles. The van der Waals surface area contributed by atoms with Crippen molar-refractivity contribution in [1.29, 1.82) is 0 Å². The average Bonchev–Trinajstić information content (AvgIpc) is 1.91. The molecule has 1 rings (SSSR count). The summed E-state index contributed by atoms with van der Waals surface area (Å²) >= 11 is 0. The van der Waals surface area contributed by atoms with E-state index in [1.54, 1.807) is 6.20 Å². The van der Waals surface area contributed by atoms with Crippen LogP contribution in [0, 0.1) is 0 Å². The second-order valence-electron chi connectivity index (χ2n) is 1.78. The fraction of sp³-hybridized carbons (Fsp3) is 0.286. The third-order valence-corrected chi connectivity index (χ3v) is 1.08. The van der Waals surface area contributed by atoms with Gasteiger partial charge in [-0.15, -0.1) is 6.61 Å². The van der Waals surface area contributed by atoms with E-state index in [-0.39, 0.29) is 36.2 Å². The molecule has 1 aromatic heterocycles.